The normalized spacial score (nSPS) is 20.6. The van der Waals surface area contributed by atoms with E-state index in [1.165, 1.54) is 0 Å². The van der Waals surface area contributed by atoms with Crippen LogP contribution in [0.15, 0.2) is 24.3 Å². The Kier molecular flexibility index (Phi) is 10.0. The van der Waals surface area contributed by atoms with Gasteiger partial charge in [-0.25, -0.2) is 14.4 Å². The molecule has 1 aromatic rings. The van der Waals surface area contributed by atoms with Gasteiger partial charge in [0.15, 0.2) is 6.61 Å². The summed E-state index contributed by atoms with van der Waals surface area (Å²) in [5, 5.41) is 3.01. The summed E-state index contributed by atoms with van der Waals surface area (Å²) in [4.78, 5) is 69.2. The van der Waals surface area contributed by atoms with Crippen molar-refractivity contribution in [2.45, 2.75) is 57.9 Å². The maximum atomic E-state index is 12.8. The summed E-state index contributed by atoms with van der Waals surface area (Å²) < 4.78 is 10.2. The number of carbonyl (C=O) groups excluding carboxylic acids is 5. The van der Waals surface area contributed by atoms with Gasteiger partial charge in [0.25, 0.3) is 5.91 Å². The fourth-order valence-corrected chi connectivity index (χ4v) is 6.92. The number of rotatable bonds is 5. The summed E-state index contributed by atoms with van der Waals surface area (Å²) in [6.07, 6.45) is 5.05. The van der Waals surface area contributed by atoms with Crippen molar-refractivity contribution in [3.05, 3.63) is 29.8 Å². The standard InChI is InChI=1S/C31H43N5O7/c1-2-42-29(39)28(38)34-16-9-23(10-17-34)22-7-14-33(15-8-22)27(37)21-43-31(41)35-18-12-25(13-19-35)36-20-11-24-5-3-4-6-26(24)32-30(36)40/h3-6,22-23,25H,2,7-21H2,1H3,(H,32,40). The molecule has 3 saturated heterocycles. The first-order valence-electron chi connectivity index (χ1n) is 15.6. The number of ether oxygens (including phenoxy) is 2. The number of hydrogen-bond acceptors (Lipinski definition) is 7. The Hall–Kier alpha value is -3.83. The molecule has 1 N–H and O–H groups in total. The smallest absolute Gasteiger partial charge is 0.410 e. The van der Waals surface area contributed by atoms with Crippen molar-refractivity contribution >= 4 is 35.6 Å². The number of fused-ring (bicyclic) bond motifs is 1. The molecule has 0 saturated carbocycles. The number of hydrogen-bond donors (Lipinski definition) is 1. The van der Waals surface area contributed by atoms with E-state index in [1.54, 1.807) is 21.6 Å². The quantitative estimate of drug-likeness (QED) is 0.408. The average Bonchev–Trinajstić information content (AvgIpc) is 3.21. The predicted molar refractivity (Wildman–Crippen MR) is 157 cm³/mol. The van der Waals surface area contributed by atoms with E-state index >= 15 is 0 Å². The number of nitrogens with one attached hydrogen (secondary N) is 1. The van der Waals surface area contributed by atoms with Crippen LogP contribution in [0.5, 0.6) is 0 Å². The van der Waals surface area contributed by atoms with E-state index < -0.39 is 18.0 Å². The van der Waals surface area contributed by atoms with Crippen LogP contribution in [0.25, 0.3) is 0 Å². The number of benzene rings is 1. The van der Waals surface area contributed by atoms with Crippen molar-refractivity contribution in [2.24, 2.45) is 11.8 Å². The highest BCUT2D eigenvalue weighted by molar-refractivity contribution is 6.32. The van der Waals surface area contributed by atoms with E-state index in [0.717, 1.165) is 43.4 Å². The van der Waals surface area contributed by atoms with Gasteiger partial charge in [-0.1, -0.05) is 18.2 Å². The molecular formula is C31H43N5O7. The van der Waals surface area contributed by atoms with E-state index in [0.29, 0.717) is 70.5 Å². The number of esters is 1. The van der Waals surface area contributed by atoms with Gasteiger partial charge in [0.2, 0.25) is 0 Å². The lowest BCUT2D eigenvalue weighted by molar-refractivity contribution is -0.160. The molecule has 0 atom stereocenters. The molecule has 0 aliphatic carbocycles. The highest BCUT2D eigenvalue weighted by Crippen LogP contribution is 2.33. The molecule has 0 spiro atoms. The van der Waals surface area contributed by atoms with Crippen molar-refractivity contribution in [1.82, 2.24) is 19.6 Å². The van der Waals surface area contributed by atoms with Gasteiger partial charge in [-0.3, -0.25) is 9.59 Å². The number of amides is 5. The Balaban J connectivity index is 0.986. The second-order valence-corrected chi connectivity index (χ2v) is 11.9. The van der Waals surface area contributed by atoms with Gasteiger partial charge in [0.1, 0.15) is 0 Å². The molecule has 43 heavy (non-hydrogen) atoms. The highest BCUT2D eigenvalue weighted by atomic mass is 16.6. The first-order chi connectivity index (χ1) is 20.8. The molecule has 234 valence electrons. The van der Waals surface area contributed by atoms with Gasteiger partial charge in [-0.2, -0.15) is 0 Å². The van der Waals surface area contributed by atoms with Gasteiger partial charge in [0, 0.05) is 57.5 Å². The van der Waals surface area contributed by atoms with Gasteiger partial charge >= 0.3 is 24.0 Å². The molecule has 1 aromatic carbocycles. The number of nitrogens with zero attached hydrogens (tertiary/aromatic N) is 4. The minimum atomic E-state index is -0.786. The third-order valence-electron chi connectivity index (χ3n) is 9.46. The number of para-hydroxylation sites is 1. The summed E-state index contributed by atoms with van der Waals surface area (Å²) in [6.45, 7) is 5.53. The maximum absolute atomic E-state index is 12.8. The molecule has 4 heterocycles. The minimum absolute atomic E-state index is 0.0478. The van der Waals surface area contributed by atoms with Crippen LogP contribution in [-0.2, 0) is 30.3 Å². The molecule has 5 rings (SSSR count). The molecule has 5 amide bonds. The maximum Gasteiger partial charge on any atom is 0.410 e. The van der Waals surface area contributed by atoms with Crippen LogP contribution >= 0.6 is 0 Å². The fourth-order valence-electron chi connectivity index (χ4n) is 6.92. The van der Waals surface area contributed by atoms with E-state index in [4.69, 9.17) is 9.47 Å². The van der Waals surface area contributed by atoms with Crippen molar-refractivity contribution in [2.75, 3.05) is 64.3 Å². The van der Waals surface area contributed by atoms with E-state index in [2.05, 4.69) is 5.32 Å². The Labute approximate surface area is 252 Å². The zero-order valence-corrected chi connectivity index (χ0v) is 25.0. The van der Waals surface area contributed by atoms with Crippen molar-refractivity contribution in [3.8, 4) is 0 Å². The predicted octanol–water partition coefficient (Wildman–Crippen LogP) is 2.72. The van der Waals surface area contributed by atoms with Crippen molar-refractivity contribution in [1.29, 1.82) is 0 Å². The van der Waals surface area contributed by atoms with Crippen LogP contribution in [0.3, 0.4) is 0 Å². The first kappa shape index (κ1) is 30.6. The molecule has 12 heteroatoms. The molecule has 4 aliphatic heterocycles. The Bertz CT molecular complexity index is 1180. The molecule has 4 aliphatic rings. The summed E-state index contributed by atoms with van der Waals surface area (Å²) in [7, 11) is 0. The lowest BCUT2D eigenvalue weighted by Gasteiger charge is -2.40. The van der Waals surface area contributed by atoms with Crippen molar-refractivity contribution in [3.63, 3.8) is 0 Å². The van der Waals surface area contributed by atoms with Crippen LogP contribution in [0.4, 0.5) is 15.3 Å². The Morgan fingerprint density at radius 3 is 2.05 bits per heavy atom. The fraction of sp³-hybridized carbons (Fsp3) is 0.645. The zero-order chi connectivity index (χ0) is 30.3. The van der Waals surface area contributed by atoms with E-state index in [-0.39, 0.29) is 31.2 Å². The largest absolute Gasteiger partial charge is 0.459 e. The zero-order valence-electron chi connectivity index (χ0n) is 25.0. The van der Waals surface area contributed by atoms with Crippen LogP contribution < -0.4 is 5.32 Å². The molecule has 0 bridgehead atoms. The lowest BCUT2D eigenvalue weighted by atomic mass is 9.79. The minimum Gasteiger partial charge on any atom is -0.459 e. The average molecular weight is 598 g/mol. The number of carbonyl (C=O) groups is 5. The molecular weight excluding hydrogens is 554 g/mol. The highest BCUT2D eigenvalue weighted by Gasteiger charge is 2.35. The SMILES string of the molecule is CCOC(=O)C(=O)N1CCC(C2CCN(C(=O)COC(=O)N3CCC(N4CCc5ccccc5NC4=O)CC3)CC2)CC1. The second-order valence-electron chi connectivity index (χ2n) is 11.9. The van der Waals surface area contributed by atoms with Gasteiger partial charge in [-0.05, 0) is 75.3 Å². The molecule has 0 radical (unpaired) electrons. The van der Waals surface area contributed by atoms with Crippen LogP contribution in [0.1, 0.15) is 51.0 Å². The Morgan fingerprint density at radius 2 is 1.40 bits per heavy atom. The van der Waals surface area contributed by atoms with Crippen LogP contribution in [0, 0.1) is 11.8 Å². The second kappa shape index (κ2) is 14.1. The van der Waals surface area contributed by atoms with Crippen molar-refractivity contribution < 1.29 is 33.4 Å². The summed E-state index contributed by atoms with van der Waals surface area (Å²) in [5.74, 6) is -0.604. The summed E-state index contributed by atoms with van der Waals surface area (Å²) >= 11 is 0. The first-order valence-corrected chi connectivity index (χ1v) is 15.6. The number of likely N-dealkylation sites (tertiary alicyclic amines) is 3. The Morgan fingerprint density at radius 1 is 0.791 bits per heavy atom. The third kappa shape index (κ3) is 7.40. The molecule has 0 unspecified atom stereocenters. The summed E-state index contributed by atoms with van der Waals surface area (Å²) in [5.41, 5.74) is 1.98. The topological polar surface area (TPSA) is 129 Å². The molecule has 3 fully saturated rings. The van der Waals surface area contributed by atoms with Crippen LogP contribution in [0.2, 0.25) is 0 Å². The van der Waals surface area contributed by atoms with Gasteiger partial charge < -0.3 is 34.4 Å². The lowest BCUT2D eigenvalue weighted by Crippen LogP contribution is -2.50. The van der Waals surface area contributed by atoms with Gasteiger partial charge in [0.05, 0.1) is 6.61 Å². The monoisotopic (exact) mass is 597 g/mol. The third-order valence-corrected chi connectivity index (χ3v) is 9.46. The number of anilines is 1. The van der Waals surface area contributed by atoms with E-state index in [9.17, 15) is 24.0 Å². The number of urea groups is 1. The van der Waals surface area contributed by atoms with E-state index in [1.807, 2.05) is 29.2 Å². The molecule has 0 aromatic heterocycles. The number of piperidine rings is 3. The summed E-state index contributed by atoms with van der Waals surface area (Å²) in [6, 6.07) is 7.79. The van der Waals surface area contributed by atoms with Gasteiger partial charge in [-0.15, -0.1) is 0 Å². The molecule has 12 nitrogen and oxygen atoms in total. The van der Waals surface area contributed by atoms with Crippen LogP contribution in [-0.4, -0.2) is 115 Å².